The highest BCUT2D eigenvalue weighted by Gasteiger charge is 2.29. The predicted molar refractivity (Wildman–Crippen MR) is 106 cm³/mol. The van der Waals surface area contributed by atoms with Crippen LogP contribution in [0.5, 0.6) is 5.75 Å². The van der Waals surface area contributed by atoms with Gasteiger partial charge in [0.1, 0.15) is 5.75 Å². The molecule has 0 aliphatic carbocycles. The van der Waals surface area contributed by atoms with Crippen molar-refractivity contribution in [3.05, 3.63) is 53.6 Å². The fraction of sp³-hybridized carbons (Fsp3) is 0.435. The zero-order valence-corrected chi connectivity index (χ0v) is 15.8. The van der Waals surface area contributed by atoms with Gasteiger partial charge in [0.05, 0.1) is 6.07 Å². The van der Waals surface area contributed by atoms with Crippen molar-refractivity contribution in [2.24, 2.45) is 5.41 Å². The number of hydrogen-bond donors (Lipinski definition) is 1. The number of nitrogens with zero attached hydrogens (tertiary/aromatic N) is 2. The van der Waals surface area contributed by atoms with Gasteiger partial charge in [0, 0.05) is 18.5 Å². The molecule has 0 atom stereocenters. The van der Waals surface area contributed by atoms with Crippen LogP contribution in [0.1, 0.15) is 44.2 Å². The molecular formula is C23H28N2O. The Morgan fingerprint density at radius 2 is 1.73 bits per heavy atom. The maximum absolute atomic E-state index is 10.5. The average Bonchev–Trinajstić information content (AvgIpc) is 2.64. The van der Waals surface area contributed by atoms with E-state index in [0.29, 0.717) is 12.2 Å². The molecule has 1 fully saturated rings. The summed E-state index contributed by atoms with van der Waals surface area (Å²) in [5.41, 5.74) is 4.55. The Bertz CT molecular complexity index is 781. The Balaban J connectivity index is 1.66. The molecule has 3 rings (SSSR count). The van der Waals surface area contributed by atoms with Gasteiger partial charge in [-0.1, -0.05) is 50.2 Å². The minimum absolute atomic E-state index is 0.169. The molecule has 136 valence electrons. The highest BCUT2D eigenvalue weighted by molar-refractivity contribution is 5.70. The van der Waals surface area contributed by atoms with E-state index in [2.05, 4.69) is 55.1 Å². The van der Waals surface area contributed by atoms with Crippen molar-refractivity contribution in [3.63, 3.8) is 0 Å². The van der Waals surface area contributed by atoms with Crippen LogP contribution >= 0.6 is 0 Å². The molecule has 2 aromatic carbocycles. The Morgan fingerprint density at radius 1 is 1.08 bits per heavy atom. The lowest BCUT2D eigenvalue weighted by molar-refractivity contribution is 0.116. The third kappa shape index (κ3) is 4.26. The molecule has 1 aliphatic rings. The second-order valence-corrected chi connectivity index (χ2v) is 7.82. The zero-order chi connectivity index (χ0) is 18.6. The molecular weight excluding hydrogens is 320 g/mol. The normalized spacial score (nSPS) is 17.0. The summed E-state index contributed by atoms with van der Waals surface area (Å²) in [6, 6.07) is 16.8. The summed E-state index contributed by atoms with van der Waals surface area (Å²) < 4.78 is 0. The summed E-state index contributed by atoms with van der Waals surface area (Å²) in [6.07, 6.45) is 3.80. The number of piperidine rings is 1. The summed E-state index contributed by atoms with van der Waals surface area (Å²) in [4.78, 5) is 2.42. The van der Waals surface area contributed by atoms with Crippen LogP contribution in [0, 0.1) is 16.7 Å². The molecule has 2 aromatic rings. The van der Waals surface area contributed by atoms with Crippen molar-refractivity contribution in [1.29, 1.82) is 5.26 Å². The van der Waals surface area contributed by atoms with Crippen molar-refractivity contribution in [1.82, 2.24) is 4.90 Å². The van der Waals surface area contributed by atoms with E-state index >= 15 is 0 Å². The third-order valence-electron chi connectivity index (χ3n) is 5.71. The van der Waals surface area contributed by atoms with Crippen molar-refractivity contribution in [3.8, 4) is 22.9 Å². The van der Waals surface area contributed by atoms with E-state index in [0.717, 1.165) is 55.6 Å². The Hall–Kier alpha value is -2.31. The molecule has 26 heavy (non-hydrogen) atoms. The van der Waals surface area contributed by atoms with Crippen molar-refractivity contribution >= 4 is 0 Å². The first-order chi connectivity index (χ1) is 12.5. The fourth-order valence-corrected chi connectivity index (χ4v) is 3.72. The van der Waals surface area contributed by atoms with Crippen LogP contribution < -0.4 is 0 Å². The van der Waals surface area contributed by atoms with Gasteiger partial charge in [-0.2, -0.15) is 5.26 Å². The number of benzene rings is 2. The number of phenols is 1. The molecule has 0 amide bonds. The van der Waals surface area contributed by atoms with E-state index in [1.807, 2.05) is 12.1 Å². The number of aryl methyl sites for hydroxylation is 1. The van der Waals surface area contributed by atoms with E-state index in [1.165, 1.54) is 5.56 Å². The zero-order valence-electron chi connectivity index (χ0n) is 15.8. The van der Waals surface area contributed by atoms with Crippen LogP contribution in [0.2, 0.25) is 0 Å². The van der Waals surface area contributed by atoms with Crippen molar-refractivity contribution in [2.45, 2.75) is 46.1 Å². The standard InChI is InChI=1S/C23H28N2O/c1-3-18-4-7-20(8-5-18)21-9-6-19(16-22(21)26)17-25-14-11-23(2,10-13-24)12-15-25/h4-9,16,26H,3,10-12,14-15,17H2,1-2H3. The third-order valence-corrected chi connectivity index (χ3v) is 5.71. The molecule has 0 radical (unpaired) electrons. The predicted octanol–water partition coefficient (Wildman–Crippen LogP) is 5.14. The molecule has 0 unspecified atom stereocenters. The summed E-state index contributed by atoms with van der Waals surface area (Å²) in [5.74, 6) is 0.345. The van der Waals surface area contributed by atoms with Gasteiger partial charge in [-0.05, 0) is 60.5 Å². The van der Waals surface area contributed by atoms with Crippen molar-refractivity contribution in [2.75, 3.05) is 13.1 Å². The van der Waals surface area contributed by atoms with Gasteiger partial charge in [0.25, 0.3) is 0 Å². The summed E-state index contributed by atoms with van der Waals surface area (Å²) in [7, 11) is 0. The molecule has 1 aliphatic heterocycles. The Labute approximate surface area is 156 Å². The monoisotopic (exact) mass is 348 g/mol. The number of hydrogen-bond acceptors (Lipinski definition) is 3. The van der Waals surface area contributed by atoms with Gasteiger partial charge < -0.3 is 5.11 Å². The van der Waals surface area contributed by atoms with Crippen LogP contribution in [0.25, 0.3) is 11.1 Å². The highest BCUT2D eigenvalue weighted by Crippen LogP contribution is 2.35. The van der Waals surface area contributed by atoms with E-state index < -0.39 is 0 Å². The first kappa shape index (κ1) is 18.5. The molecule has 0 bridgehead atoms. The summed E-state index contributed by atoms with van der Waals surface area (Å²) >= 11 is 0. The van der Waals surface area contributed by atoms with Crippen molar-refractivity contribution < 1.29 is 5.11 Å². The minimum atomic E-state index is 0.169. The molecule has 0 aromatic heterocycles. The van der Waals surface area contributed by atoms with Crippen LogP contribution in [0.15, 0.2) is 42.5 Å². The largest absolute Gasteiger partial charge is 0.507 e. The Morgan fingerprint density at radius 3 is 2.31 bits per heavy atom. The first-order valence-electron chi connectivity index (χ1n) is 9.53. The summed E-state index contributed by atoms with van der Waals surface area (Å²) in [5, 5.41) is 19.5. The Kier molecular flexibility index (Phi) is 5.64. The molecule has 3 heteroatoms. The SMILES string of the molecule is CCc1ccc(-c2ccc(CN3CCC(C)(CC#N)CC3)cc2O)cc1. The number of phenolic OH excluding ortho intramolecular Hbond substituents is 1. The molecule has 3 nitrogen and oxygen atoms in total. The van der Waals surface area contributed by atoms with Gasteiger partial charge in [0.2, 0.25) is 0 Å². The van der Waals surface area contributed by atoms with Gasteiger partial charge in [0.15, 0.2) is 0 Å². The maximum atomic E-state index is 10.5. The topological polar surface area (TPSA) is 47.3 Å². The lowest BCUT2D eigenvalue weighted by atomic mass is 9.78. The van der Waals surface area contributed by atoms with Crippen LogP contribution in [0.3, 0.4) is 0 Å². The van der Waals surface area contributed by atoms with E-state index in [-0.39, 0.29) is 5.41 Å². The van der Waals surface area contributed by atoms with Crippen LogP contribution in [0.4, 0.5) is 0 Å². The molecule has 1 heterocycles. The molecule has 1 N–H and O–H groups in total. The van der Waals surface area contributed by atoms with Crippen LogP contribution in [-0.4, -0.2) is 23.1 Å². The van der Waals surface area contributed by atoms with E-state index in [9.17, 15) is 5.11 Å². The number of aromatic hydroxyl groups is 1. The van der Waals surface area contributed by atoms with Gasteiger partial charge in [-0.15, -0.1) is 0 Å². The van der Waals surface area contributed by atoms with Gasteiger partial charge >= 0.3 is 0 Å². The first-order valence-corrected chi connectivity index (χ1v) is 9.53. The summed E-state index contributed by atoms with van der Waals surface area (Å²) in [6.45, 7) is 7.24. The molecule has 0 spiro atoms. The number of nitriles is 1. The lowest BCUT2D eigenvalue weighted by Crippen LogP contribution is -2.38. The number of rotatable bonds is 5. The lowest BCUT2D eigenvalue weighted by Gasteiger charge is -2.38. The second-order valence-electron chi connectivity index (χ2n) is 7.82. The van der Waals surface area contributed by atoms with E-state index in [4.69, 9.17) is 5.26 Å². The second kappa shape index (κ2) is 7.93. The van der Waals surface area contributed by atoms with Crippen LogP contribution in [-0.2, 0) is 13.0 Å². The maximum Gasteiger partial charge on any atom is 0.123 e. The van der Waals surface area contributed by atoms with E-state index in [1.54, 1.807) is 0 Å². The number of likely N-dealkylation sites (tertiary alicyclic amines) is 1. The quantitative estimate of drug-likeness (QED) is 0.814. The average molecular weight is 348 g/mol. The van der Waals surface area contributed by atoms with Gasteiger partial charge in [-0.3, -0.25) is 4.90 Å². The molecule has 1 saturated heterocycles. The molecule has 0 saturated carbocycles. The van der Waals surface area contributed by atoms with Gasteiger partial charge in [-0.25, -0.2) is 0 Å². The minimum Gasteiger partial charge on any atom is -0.507 e. The smallest absolute Gasteiger partial charge is 0.123 e. The fourth-order valence-electron chi connectivity index (χ4n) is 3.72. The highest BCUT2D eigenvalue weighted by atomic mass is 16.3.